The monoisotopic (exact) mass is 385 g/mol. The van der Waals surface area contributed by atoms with E-state index in [2.05, 4.69) is 10.3 Å². The highest BCUT2D eigenvalue weighted by atomic mass is 35.5. The molecule has 5 nitrogen and oxygen atoms in total. The molecule has 0 aliphatic carbocycles. The van der Waals surface area contributed by atoms with Crippen LogP contribution in [0.2, 0.25) is 5.02 Å². The fourth-order valence-corrected chi connectivity index (χ4v) is 2.73. The summed E-state index contributed by atoms with van der Waals surface area (Å²) >= 11 is 5.63. The van der Waals surface area contributed by atoms with Crippen molar-refractivity contribution in [3.05, 3.63) is 52.7 Å². The molecule has 1 aromatic carbocycles. The summed E-state index contributed by atoms with van der Waals surface area (Å²) in [5, 5.41) is 2.21. The Morgan fingerprint density at radius 1 is 1.19 bits per heavy atom. The Morgan fingerprint density at radius 2 is 1.92 bits per heavy atom. The molecule has 0 spiro atoms. The SMILES string of the molecule is O=C(Nc1ccc(Cl)cc1C(F)(F)F)c1ccc(N2CCOCC2)nc1. The van der Waals surface area contributed by atoms with Crippen LogP contribution in [0, 0.1) is 0 Å². The van der Waals surface area contributed by atoms with Gasteiger partial charge in [0.05, 0.1) is 30.0 Å². The lowest BCUT2D eigenvalue weighted by atomic mass is 10.1. The number of ether oxygens (including phenoxy) is 1. The molecule has 0 unspecified atom stereocenters. The summed E-state index contributed by atoms with van der Waals surface area (Å²) in [5.41, 5.74) is -1.20. The van der Waals surface area contributed by atoms with Crippen LogP contribution in [0.15, 0.2) is 36.5 Å². The summed E-state index contributed by atoms with van der Waals surface area (Å²) < 4.78 is 44.6. The fourth-order valence-electron chi connectivity index (χ4n) is 2.55. The number of hydrogen-bond acceptors (Lipinski definition) is 4. The van der Waals surface area contributed by atoms with E-state index >= 15 is 0 Å². The number of alkyl halides is 3. The molecule has 2 aromatic rings. The van der Waals surface area contributed by atoms with Crippen molar-refractivity contribution in [1.82, 2.24) is 4.98 Å². The van der Waals surface area contributed by atoms with E-state index in [9.17, 15) is 18.0 Å². The molecule has 1 saturated heterocycles. The van der Waals surface area contributed by atoms with Crippen molar-refractivity contribution in [2.24, 2.45) is 0 Å². The van der Waals surface area contributed by atoms with Gasteiger partial charge in [-0.15, -0.1) is 0 Å². The van der Waals surface area contributed by atoms with Gasteiger partial charge in [-0.25, -0.2) is 4.98 Å². The highest BCUT2D eigenvalue weighted by Gasteiger charge is 2.34. The van der Waals surface area contributed by atoms with Crippen LogP contribution in [0.25, 0.3) is 0 Å². The van der Waals surface area contributed by atoms with Crippen LogP contribution < -0.4 is 10.2 Å². The Kier molecular flexibility index (Phi) is 5.33. The summed E-state index contributed by atoms with van der Waals surface area (Å²) in [6.45, 7) is 2.58. The first-order chi connectivity index (χ1) is 12.3. The van der Waals surface area contributed by atoms with E-state index in [0.29, 0.717) is 32.1 Å². The predicted octanol–water partition coefficient (Wildman–Crippen LogP) is 3.84. The molecule has 1 aliphatic heterocycles. The van der Waals surface area contributed by atoms with Crippen LogP contribution in [-0.4, -0.2) is 37.2 Å². The van der Waals surface area contributed by atoms with Crippen molar-refractivity contribution in [3.63, 3.8) is 0 Å². The first-order valence-electron chi connectivity index (χ1n) is 7.81. The number of carbonyl (C=O) groups is 1. The lowest BCUT2D eigenvalue weighted by Crippen LogP contribution is -2.36. The number of aromatic nitrogens is 1. The van der Waals surface area contributed by atoms with Gasteiger partial charge in [-0.2, -0.15) is 13.2 Å². The minimum atomic E-state index is -4.63. The fraction of sp³-hybridized carbons (Fsp3) is 0.294. The first kappa shape index (κ1) is 18.5. The van der Waals surface area contributed by atoms with Crippen LogP contribution in [0.1, 0.15) is 15.9 Å². The van der Waals surface area contributed by atoms with Crippen molar-refractivity contribution in [1.29, 1.82) is 0 Å². The standard InChI is InChI=1S/C17H15ClF3N3O2/c18-12-2-3-14(13(9-12)17(19,20)21)23-16(25)11-1-4-15(22-10-11)24-5-7-26-8-6-24/h1-4,9-10H,5-8H2,(H,23,25). The number of benzene rings is 1. The van der Waals surface area contributed by atoms with Crippen molar-refractivity contribution < 1.29 is 22.7 Å². The Labute approximate surface area is 152 Å². The van der Waals surface area contributed by atoms with Gasteiger partial charge in [0, 0.05) is 24.3 Å². The van der Waals surface area contributed by atoms with Crippen molar-refractivity contribution in [3.8, 4) is 0 Å². The number of morpholine rings is 1. The molecule has 0 bridgehead atoms. The second-order valence-electron chi connectivity index (χ2n) is 5.65. The molecule has 1 N–H and O–H groups in total. The zero-order chi connectivity index (χ0) is 18.7. The molecule has 138 valence electrons. The van der Waals surface area contributed by atoms with Gasteiger partial charge >= 0.3 is 6.18 Å². The summed E-state index contributed by atoms with van der Waals surface area (Å²) in [6.07, 6.45) is -3.30. The number of rotatable bonds is 3. The van der Waals surface area contributed by atoms with E-state index in [4.69, 9.17) is 16.3 Å². The Balaban J connectivity index is 1.76. The minimum absolute atomic E-state index is 0.0631. The second kappa shape index (κ2) is 7.51. The Bertz CT molecular complexity index is 791. The van der Waals surface area contributed by atoms with Crippen LogP contribution in [0.4, 0.5) is 24.7 Å². The van der Waals surface area contributed by atoms with Gasteiger partial charge in [-0.3, -0.25) is 4.79 Å². The lowest BCUT2D eigenvalue weighted by Gasteiger charge is -2.27. The predicted molar refractivity (Wildman–Crippen MR) is 91.7 cm³/mol. The van der Waals surface area contributed by atoms with Crippen LogP contribution in [0.3, 0.4) is 0 Å². The summed E-state index contributed by atoms with van der Waals surface area (Å²) in [5.74, 6) is 0.00572. The zero-order valence-corrected chi connectivity index (χ0v) is 14.3. The molecule has 1 aromatic heterocycles. The third kappa shape index (κ3) is 4.25. The molecule has 9 heteroatoms. The third-order valence-electron chi connectivity index (χ3n) is 3.88. The molecular weight excluding hydrogens is 371 g/mol. The number of hydrogen-bond donors (Lipinski definition) is 1. The maximum Gasteiger partial charge on any atom is 0.418 e. The second-order valence-corrected chi connectivity index (χ2v) is 6.08. The topological polar surface area (TPSA) is 54.5 Å². The number of nitrogens with zero attached hydrogens (tertiary/aromatic N) is 2. The van der Waals surface area contributed by atoms with Gasteiger partial charge < -0.3 is 15.0 Å². The molecular formula is C17H15ClF3N3O2. The average Bonchev–Trinajstić information content (AvgIpc) is 2.63. The molecule has 0 radical (unpaired) electrons. The summed E-state index contributed by atoms with van der Waals surface area (Å²) in [4.78, 5) is 18.5. The largest absolute Gasteiger partial charge is 0.418 e. The molecule has 26 heavy (non-hydrogen) atoms. The Morgan fingerprint density at radius 3 is 2.54 bits per heavy atom. The van der Waals surface area contributed by atoms with Crippen molar-refractivity contribution in [2.75, 3.05) is 36.5 Å². The maximum atomic E-state index is 13.1. The number of pyridine rings is 1. The molecule has 1 fully saturated rings. The normalized spacial score (nSPS) is 15.0. The van der Waals surface area contributed by atoms with Crippen molar-refractivity contribution in [2.45, 2.75) is 6.18 Å². The quantitative estimate of drug-likeness (QED) is 0.872. The van der Waals surface area contributed by atoms with Gasteiger partial charge in [0.2, 0.25) is 0 Å². The maximum absolute atomic E-state index is 13.1. The van der Waals surface area contributed by atoms with E-state index in [-0.39, 0.29) is 16.3 Å². The lowest BCUT2D eigenvalue weighted by molar-refractivity contribution is -0.136. The molecule has 1 aliphatic rings. The van der Waals surface area contributed by atoms with Crippen LogP contribution in [0.5, 0.6) is 0 Å². The van der Waals surface area contributed by atoms with Gasteiger partial charge in [0.1, 0.15) is 5.82 Å². The third-order valence-corrected chi connectivity index (χ3v) is 4.12. The summed E-state index contributed by atoms with van der Waals surface area (Å²) in [6, 6.07) is 6.37. The summed E-state index contributed by atoms with van der Waals surface area (Å²) in [7, 11) is 0. The molecule has 0 atom stereocenters. The van der Waals surface area contributed by atoms with E-state index in [0.717, 1.165) is 12.1 Å². The highest BCUT2D eigenvalue weighted by Crippen LogP contribution is 2.36. The smallest absolute Gasteiger partial charge is 0.378 e. The number of halogens is 4. The van der Waals surface area contributed by atoms with Crippen LogP contribution in [-0.2, 0) is 10.9 Å². The van der Waals surface area contributed by atoms with E-state index in [1.807, 2.05) is 4.90 Å². The molecule has 3 rings (SSSR count). The zero-order valence-electron chi connectivity index (χ0n) is 13.5. The first-order valence-corrected chi connectivity index (χ1v) is 8.19. The molecule has 2 heterocycles. The number of amides is 1. The van der Waals surface area contributed by atoms with E-state index in [1.165, 1.54) is 18.3 Å². The average molecular weight is 386 g/mol. The number of nitrogens with one attached hydrogen (secondary N) is 1. The van der Waals surface area contributed by atoms with Gasteiger partial charge in [-0.05, 0) is 30.3 Å². The highest BCUT2D eigenvalue weighted by molar-refractivity contribution is 6.30. The van der Waals surface area contributed by atoms with E-state index < -0.39 is 17.6 Å². The van der Waals surface area contributed by atoms with E-state index in [1.54, 1.807) is 6.07 Å². The molecule has 1 amide bonds. The van der Waals surface area contributed by atoms with Gasteiger partial charge in [0.15, 0.2) is 0 Å². The van der Waals surface area contributed by atoms with Gasteiger partial charge in [-0.1, -0.05) is 11.6 Å². The van der Waals surface area contributed by atoms with Crippen LogP contribution >= 0.6 is 11.6 Å². The Hall–Kier alpha value is -2.32. The number of carbonyl (C=O) groups excluding carboxylic acids is 1. The minimum Gasteiger partial charge on any atom is -0.378 e. The van der Waals surface area contributed by atoms with Crippen molar-refractivity contribution >= 4 is 29.0 Å². The number of anilines is 2. The molecule has 0 saturated carbocycles. The van der Waals surface area contributed by atoms with Gasteiger partial charge in [0.25, 0.3) is 5.91 Å².